The number of rotatable bonds is 6. The third kappa shape index (κ3) is 4.24. The number of hydrogen-bond acceptors (Lipinski definition) is 5. The number of hydrogen-bond donors (Lipinski definition) is 1. The van der Waals surface area contributed by atoms with Crippen LogP contribution in [0.15, 0.2) is 30.9 Å². The predicted octanol–water partition coefficient (Wildman–Crippen LogP) is 1.48. The largest absolute Gasteiger partial charge is 0.493 e. The molecule has 1 aromatic rings. The zero-order valence-electron chi connectivity index (χ0n) is 13.5. The van der Waals surface area contributed by atoms with E-state index in [9.17, 15) is 9.90 Å². The lowest BCUT2D eigenvalue weighted by molar-refractivity contribution is -0.0745. The van der Waals surface area contributed by atoms with Crippen LogP contribution in [0.2, 0.25) is 0 Å². The fourth-order valence-electron chi connectivity index (χ4n) is 2.40. The fraction of sp³-hybridized carbons (Fsp3) is 0.471. The quantitative estimate of drug-likeness (QED) is 0.804. The van der Waals surface area contributed by atoms with Crippen molar-refractivity contribution in [1.82, 2.24) is 4.90 Å². The molecule has 0 unspecified atom stereocenters. The minimum atomic E-state index is -0.616. The Hall–Kier alpha value is -2.05. The first-order valence-electron chi connectivity index (χ1n) is 7.57. The molecule has 0 saturated carbocycles. The number of carbonyl (C=O) groups is 1. The molecule has 0 radical (unpaired) electrons. The lowest BCUT2D eigenvalue weighted by Gasteiger charge is -2.34. The van der Waals surface area contributed by atoms with Crippen molar-refractivity contribution < 1.29 is 24.1 Å². The van der Waals surface area contributed by atoms with Gasteiger partial charge in [0.1, 0.15) is 12.7 Å². The van der Waals surface area contributed by atoms with Crippen molar-refractivity contribution in [2.24, 2.45) is 0 Å². The summed E-state index contributed by atoms with van der Waals surface area (Å²) >= 11 is 0. The molecule has 1 aromatic carbocycles. The van der Waals surface area contributed by atoms with Gasteiger partial charge in [-0.25, -0.2) is 0 Å². The molecule has 1 fully saturated rings. The van der Waals surface area contributed by atoms with Crippen LogP contribution >= 0.6 is 0 Å². The van der Waals surface area contributed by atoms with Gasteiger partial charge in [0.2, 0.25) is 0 Å². The van der Waals surface area contributed by atoms with Crippen LogP contribution in [0.3, 0.4) is 0 Å². The van der Waals surface area contributed by atoms with Crippen LogP contribution in [0.4, 0.5) is 0 Å². The van der Waals surface area contributed by atoms with Crippen LogP contribution in [-0.4, -0.2) is 61.5 Å². The van der Waals surface area contributed by atoms with Gasteiger partial charge in [0, 0.05) is 18.7 Å². The molecule has 1 aliphatic heterocycles. The van der Waals surface area contributed by atoms with Crippen molar-refractivity contribution in [1.29, 1.82) is 0 Å². The second-order valence-corrected chi connectivity index (χ2v) is 5.37. The van der Waals surface area contributed by atoms with Gasteiger partial charge in [0.05, 0.1) is 19.8 Å². The van der Waals surface area contributed by atoms with E-state index < -0.39 is 6.10 Å². The monoisotopic (exact) mass is 321 g/mol. The number of morpholine rings is 1. The second kappa shape index (κ2) is 7.99. The molecule has 1 saturated heterocycles. The second-order valence-electron chi connectivity index (χ2n) is 5.37. The first-order chi connectivity index (χ1) is 11.1. The van der Waals surface area contributed by atoms with Gasteiger partial charge in [-0.3, -0.25) is 4.79 Å². The number of methoxy groups -OCH3 is 1. The molecule has 0 bridgehead atoms. The summed E-state index contributed by atoms with van der Waals surface area (Å²) < 4.78 is 16.2. The van der Waals surface area contributed by atoms with Crippen LogP contribution in [0.1, 0.15) is 17.3 Å². The summed E-state index contributed by atoms with van der Waals surface area (Å²) in [5.74, 6) is 0.943. The maximum atomic E-state index is 12.6. The van der Waals surface area contributed by atoms with Crippen molar-refractivity contribution in [3.05, 3.63) is 36.4 Å². The Morgan fingerprint density at radius 3 is 3.00 bits per heavy atom. The fourth-order valence-corrected chi connectivity index (χ4v) is 2.40. The molecule has 6 nitrogen and oxygen atoms in total. The van der Waals surface area contributed by atoms with Gasteiger partial charge in [-0.1, -0.05) is 12.7 Å². The van der Waals surface area contributed by atoms with Gasteiger partial charge >= 0.3 is 0 Å². The number of aliphatic hydroxyl groups is 1. The minimum Gasteiger partial charge on any atom is -0.493 e. The zero-order chi connectivity index (χ0) is 16.8. The van der Waals surface area contributed by atoms with Crippen molar-refractivity contribution in [3.63, 3.8) is 0 Å². The molecular weight excluding hydrogens is 298 g/mol. The lowest BCUT2D eigenvalue weighted by Crippen LogP contribution is -2.49. The van der Waals surface area contributed by atoms with Gasteiger partial charge in [-0.05, 0) is 25.1 Å². The molecule has 1 heterocycles. The van der Waals surface area contributed by atoms with Gasteiger partial charge < -0.3 is 24.2 Å². The zero-order valence-corrected chi connectivity index (χ0v) is 13.5. The summed E-state index contributed by atoms with van der Waals surface area (Å²) in [6.45, 7) is 6.91. The normalized spacial score (nSPS) is 19.1. The maximum absolute atomic E-state index is 12.6. The Labute approximate surface area is 136 Å². The Morgan fingerprint density at radius 2 is 2.35 bits per heavy atom. The Bertz CT molecular complexity index is 558. The van der Waals surface area contributed by atoms with Crippen LogP contribution in [0.5, 0.6) is 11.5 Å². The first kappa shape index (κ1) is 17.3. The molecule has 1 N–H and O–H groups in total. The average Bonchev–Trinajstić information content (AvgIpc) is 2.59. The molecule has 0 aromatic heterocycles. The summed E-state index contributed by atoms with van der Waals surface area (Å²) in [6, 6.07) is 5.08. The first-order valence-corrected chi connectivity index (χ1v) is 7.57. The van der Waals surface area contributed by atoms with E-state index in [1.807, 2.05) is 0 Å². The summed E-state index contributed by atoms with van der Waals surface area (Å²) in [5, 5.41) is 9.64. The highest BCUT2D eigenvalue weighted by molar-refractivity contribution is 5.95. The van der Waals surface area contributed by atoms with Crippen LogP contribution in [0, 0.1) is 0 Å². The standard InChI is InChI=1S/C17H23NO5/c1-4-8-22-14-6-5-13(10-15(14)21-3)17(20)18-7-9-23-16(11-18)12(2)19/h4-6,10,12,16,19H,1,7-9,11H2,2-3H3/t12-,16+/m0/s1. The molecular formula is C17H23NO5. The Morgan fingerprint density at radius 1 is 1.57 bits per heavy atom. The van der Waals surface area contributed by atoms with E-state index in [0.29, 0.717) is 43.4 Å². The summed E-state index contributed by atoms with van der Waals surface area (Å²) in [6.07, 6.45) is 0.669. The molecule has 126 valence electrons. The molecule has 1 aliphatic rings. The van der Waals surface area contributed by atoms with Gasteiger partial charge in [-0.2, -0.15) is 0 Å². The third-order valence-electron chi connectivity index (χ3n) is 3.69. The smallest absolute Gasteiger partial charge is 0.254 e. The number of ether oxygens (including phenoxy) is 3. The highest BCUT2D eigenvalue weighted by Crippen LogP contribution is 2.29. The van der Waals surface area contributed by atoms with E-state index in [1.54, 1.807) is 36.1 Å². The maximum Gasteiger partial charge on any atom is 0.254 e. The average molecular weight is 321 g/mol. The van der Waals surface area contributed by atoms with Gasteiger partial charge in [-0.15, -0.1) is 0 Å². The molecule has 23 heavy (non-hydrogen) atoms. The van der Waals surface area contributed by atoms with E-state index in [-0.39, 0.29) is 12.0 Å². The summed E-state index contributed by atoms with van der Waals surface area (Å²) in [7, 11) is 1.53. The molecule has 2 atom stereocenters. The topological polar surface area (TPSA) is 68.2 Å². The number of nitrogens with zero attached hydrogens (tertiary/aromatic N) is 1. The number of benzene rings is 1. The van der Waals surface area contributed by atoms with Crippen molar-refractivity contribution in [2.75, 3.05) is 33.4 Å². The number of aliphatic hydroxyl groups excluding tert-OH is 1. The highest BCUT2D eigenvalue weighted by Gasteiger charge is 2.28. The molecule has 6 heteroatoms. The predicted molar refractivity (Wildman–Crippen MR) is 86.0 cm³/mol. The van der Waals surface area contributed by atoms with E-state index in [1.165, 1.54) is 7.11 Å². The third-order valence-corrected chi connectivity index (χ3v) is 3.69. The Balaban J connectivity index is 2.14. The molecule has 0 aliphatic carbocycles. The Kier molecular flexibility index (Phi) is 6.01. The van der Waals surface area contributed by atoms with Crippen LogP contribution in [0.25, 0.3) is 0 Å². The lowest BCUT2D eigenvalue weighted by atomic mass is 10.1. The van der Waals surface area contributed by atoms with E-state index in [0.717, 1.165) is 0 Å². The highest BCUT2D eigenvalue weighted by atomic mass is 16.5. The minimum absolute atomic E-state index is 0.118. The van der Waals surface area contributed by atoms with E-state index in [2.05, 4.69) is 6.58 Å². The summed E-state index contributed by atoms with van der Waals surface area (Å²) in [5.41, 5.74) is 0.513. The molecule has 0 spiro atoms. The molecule has 2 rings (SSSR count). The summed E-state index contributed by atoms with van der Waals surface area (Å²) in [4.78, 5) is 14.3. The number of amides is 1. The van der Waals surface area contributed by atoms with E-state index in [4.69, 9.17) is 14.2 Å². The van der Waals surface area contributed by atoms with Crippen LogP contribution in [-0.2, 0) is 4.74 Å². The van der Waals surface area contributed by atoms with Crippen molar-refractivity contribution in [3.8, 4) is 11.5 Å². The molecule has 1 amide bonds. The number of carbonyl (C=O) groups excluding carboxylic acids is 1. The van der Waals surface area contributed by atoms with Gasteiger partial charge in [0.25, 0.3) is 5.91 Å². The van der Waals surface area contributed by atoms with Crippen molar-refractivity contribution in [2.45, 2.75) is 19.1 Å². The van der Waals surface area contributed by atoms with Gasteiger partial charge in [0.15, 0.2) is 11.5 Å². The van der Waals surface area contributed by atoms with E-state index >= 15 is 0 Å². The van der Waals surface area contributed by atoms with Crippen molar-refractivity contribution >= 4 is 5.91 Å². The van der Waals surface area contributed by atoms with Crippen LogP contribution < -0.4 is 9.47 Å². The SMILES string of the molecule is C=CCOc1ccc(C(=O)N2CCO[C@@H]([C@H](C)O)C2)cc1OC.